The zero-order chi connectivity index (χ0) is 15.5. The number of nitrogens with zero attached hydrogens (tertiary/aromatic N) is 1. The van der Waals surface area contributed by atoms with Gasteiger partial charge >= 0.3 is 5.97 Å². The topological polar surface area (TPSA) is 63.7 Å². The maximum atomic E-state index is 13.6. The molecule has 0 aliphatic heterocycles. The molecule has 0 N–H and O–H groups in total. The summed E-state index contributed by atoms with van der Waals surface area (Å²) in [5.74, 6) is -3.24. The standard InChI is InChI=1S/C12H15F2NO4S/c1-8(2)15(7-11(16)19-3)20(17,18)12-9(13)5-4-6-10(12)14/h4-6,8H,7H2,1-3H3. The molecule has 0 aliphatic carbocycles. The number of ether oxygens (including phenoxy) is 1. The lowest BCUT2D eigenvalue weighted by molar-refractivity contribution is -0.141. The number of esters is 1. The first kappa shape index (κ1) is 16.5. The largest absolute Gasteiger partial charge is 0.468 e. The first-order valence-corrected chi connectivity index (χ1v) is 7.18. The Hall–Kier alpha value is -1.54. The molecule has 112 valence electrons. The van der Waals surface area contributed by atoms with Crippen molar-refractivity contribution in [1.82, 2.24) is 4.31 Å². The van der Waals surface area contributed by atoms with Crippen LogP contribution < -0.4 is 0 Å². The van der Waals surface area contributed by atoms with E-state index in [4.69, 9.17) is 0 Å². The molecule has 0 radical (unpaired) electrons. The fourth-order valence-electron chi connectivity index (χ4n) is 1.58. The van der Waals surface area contributed by atoms with E-state index < -0.39 is 45.1 Å². The Balaban J connectivity index is 3.34. The summed E-state index contributed by atoms with van der Waals surface area (Å²) in [6, 6.07) is 2.07. The Morgan fingerprint density at radius 1 is 1.30 bits per heavy atom. The van der Waals surface area contributed by atoms with E-state index in [1.807, 2.05) is 0 Å². The van der Waals surface area contributed by atoms with Crippen LogP contribution in [0.15, 0.2) is 23.1 Å². The minimum absolute atomic E-state index is 0.621. The predicted octanol–water partition coefficient (Wildman–Crippen LogP) is 1.54. The van der Waals surface area contributed by atoms with Crippen molar-refractivity contribution < 1.29 is 26.7 Å². The highest BCUT2D eigenvalue weighted by atomic mass is 32.2. The van der Waals surface area contributed by atoms with E-state index in [0.717, 1.165) is 25.3 Å². The van der Waals surface area contributed by atoms with Crippen LogP contribution in [0, 0.1) is 11.6 Å². The van der Waals surface area contributed by atoms with E-state index in [1.54, 1.807) is 0 Å². The monoisotopic (exact) mass is 307 g/mol. The SMILES string of the molecule is COC(=O)CN(C(C)C)S(=O)(=O)c1c(F)cccc1F. The lowest BCUT2D eigenvalue weighted by atomic mass is 10.3. The maximum Gasteiger partial charge on any atom is 0.321 e. The number of methoxy groups -OCH3 is 1. The summed E-state index contributed by atoms with van der Waals surface area (Å²) in [5.41, 5.74) is 0. The third-order valence-corrected chi connectivity index (χ3v) is 4.65. The molecule has 0 atom stereocenters. The van der Waals surface area contributed by atoms with Gasteiger partial charge in [-0.2, -0.15) is 4.31 Å². The van der Waals surface area contributed by atoms with Crippen LogP contribution in [0.1, 0.15) is 13.8 Å². The van der Waals surface area contributed by atoms with E-state index >= 15 is 0 Å². The summed E-state index contributed by atoms with van der Waals surface area (Å²) in [7, 11) is -3.39. The van der Waals surface area contributed by atoms with Crippen molar-refractivity contribution >= 4 is 16.0 Å². The third-order valence-electron chi connectivity index (χ3n) is 2.57. The molecule has 1 aromatic carbocycles. The predicted molar refractivity (Wildman–Crippen MR) is 67.4 cm³/mol. The molecular weight excluding hydrogens is 292 g/mol. The van der Waals surface area contributed by atoms with Gasteiger partial charge in [0.25, 0.3) is 0 Å². The second-order valence-corrected chi connectivity index (χ2v) is 6.10. The Morgan fingerprint density at radius 3 is 2.20 bits per heavy atom. The summed E-state index contributed by atoms with van der Waals surface area (Å²) in [5, 5.41) is 0. The van der Waals surface area contributed by atoms with Gasteiger partial charge < -0.3 is 4.74 Å². The number of carbonyl (C=O) groups is 1. The van der Waals surface area contributed by atoms with Gasteiger partial charge in [-0.05, 0) is 26.0 Å². The lowest BCUT2D eigenvalue weighted by Gasteiger charge is -2.25. The Morgan fingerprint density at radius 2 is 1.80 bits per heavy atom. The first-order chi connectivity index (χ1) is 9.21. The molecule has 1 aromatic rings. The van der Waals surface area contributed by atoms with E-state index in [-0.39, 0.29) is 0 Å². The van der Waals surface area contributed by atoms with Crippen LogP contribution >= 0.6 is 0 Å². The highest BCUT2D eigenvalue weighted by Crippen LogP contribution is 2.24. The normalized spacial score (nSPS) is 11.9. The number of hydrogen-bond acceptors (Lipinski definition) is 4. The summed E-state index contributed by atoms with van der Waals surface area (Å²) >= 11 is 0. The molecule has 1 rings (SSSR count). The number of benzene rings is 1. The minimum Gasteiger partial charge on any atom is -0.468 e. The maximum absolute atomic E-state index is 13.6. The molecule has 0 aliphatic rings. The van der Waals surface area contributed by atoms with Gasteiger partial charge in [0.05, 0.1) is 7.11 Å². The van der Waals surface area contributed by atoms with Gasteiger partial charge in [0.1, 0.15) is 18.2 Å². The Bertz CT molecular complexity index is 581. The molecule has 0 unspecified atom stereocenters. The minimum atomic E-state index is -4.48. The van der Waals surface area contributed by atoms with Crippen LogP contribution in [0.25, 0.3) is 0 Å². The molecule has 0 spiro atoms. The van der Waals surface area contributed by atoms with Crippen LogP contribution in [0.2, 0.25) is 0 Å². The number of carbonyl (C=O) groups excluding carboxylic acids is 1. The quantitative estimate of drug-likeness (QED) is 0.774. The summed E-state index contributed by atoms with van der Waals surface area (Å²) < 4.78 is 56.9. The zero-order valence-electron chi connectivity index (χ0n) is 11.3. The van der Waals surface area contributed by atoms with Crippen molar-refractivity contribution in [1.29, 1.82) is 0 Å². The number of hydrogen-bond donors (Lipinski definition) is 0. The van der Waals surface area contributed by atoms with Crippen LogP contribution in [0.3, 0.4) is 0 Å². The van der Waals surface area contributed by atoms with Gasteiger partial charge in [0.15, 0.2) is 4.90 Å². The molecule has 0 aromatic heterocycles. The van der Waals surface area contributed by atoms with E-state index in [0.29, 0.717) is 4.31 Å². The lowest BCUT2D eigenvalue weighted by Crippen LogP contribution is -2.41. The average molecular weight is 307 g/mol. The molecule has 0 fully saturated rings. The van der Waals surface area contributed by atoms with Gasteiger partial charge in [0.2, 0.25) is 10.0 Å². The fourth-order valence-corrected chi connectivity index (χ4v) is 3.28. The number of sulfonamides is 1. The van der Waals surface area contributed by atoms with Crippen molar-refractivity contribution in [3.05, 3.63) is 29.8 Å². The molecule has 5 nitrogen and oxygen atoms in total. The summed E-state index contributed by atoms with van der Waals surface area (Å²) in [6.07, 6.45) is 0. The average Bonchev–Trinajstić information content (AvgIpc) is 2.34. The smallest absolute Gasteiger partial charge is 0.321 e. The van der Waals surface area contributed by atoms with E-state index in [1.165, 1.54) is 13.8 Å². The van der Waals surface area contributed by atoms with Crippen LogP contribution in [-0.4, -0.2) is 38.4 Å². The van der Waals surface area contributed by atoms with Crippen LogP contribution in [-0.2, 0) is 19.6 Å². The van der Waals surface area contributed by atoms with E-state index in [2.05, 4.69) is 4.74 Å². The van der Waals surface area contributed by atoms with Crippen LogP contribution in [0.5, 0.6) is 0 Å². The van der Waals surface area contributed by atoms with Gasteiger partial charge in [0, 0.05) is 6.04 Å². The zero-order valence-corrected chi connectivity index (χ0v) is 12.1. The third kappa shape index (κ3) is 3.31. The Labute approximate surface area is 116 Å². The van der Waals surface area contributed by atoms with Gasteiger partial charge in [-0.15, -0.1) is 0 Å². The van der Waals surface area contributed by atoms with Gasteiger partial charge in [-0.3, -0.25) is 4.79 Å². The summed E-state index contributed by atoms with van der Waals surface area (Å²) in [4.78, 5) is 10.2. The molecular formula is C12H15F2NO4S. The second-order valence-electron chi connectivity index (χ2n) is 4.27. The first-order valence-electron chi connectivity index (χ1n) is 5.74. The highest BCUT2D eigenvalue weighted by molar-refractivity contribution is 7.89. The molecule has 0 amide bonds. The molecule has 0 bridgehead atoms. The van der Waals surface area contributed by atoms with Crippen molar-refractivity contribution in [2.45, 2.75) is 24.8 Å². The molecule has 0 heterocycles. The Kier molecular flexibility index (Phi) is 5.18. The molecule has 8 heteroatoms. The molecule has 0 saturated carbocycles. The van der Waals surface area contributed by atoms with Crippen molar-refractivity contribution in [2.24, 2.45) is 0 Å². The van der Waals surface area contributed by atoms with Crippen molar-refractivity contribution in [3.8, 4) is 0 Å². The highest BCUT2D eigenvalue weighted by Gasteiger charge is 2.34. The van der Waals surface area contributed by atoms with Gasteiger partial charge in [-0.1, -0.05) is 6.07 Å². The summed E-state index contributed by atoms with van der Waals surface area (Å²) in [6.45, 7) is 2.35. The van der Waals surface area contributed by atoms with Crippen LogP contribution in [0.4, 0.5) is 8.78 Å². The second kappa shape index (κ2) is 6.27. The number of halogens is 2. The fraction of sp³-hybridized carbons (Fsp3) is 0.417. The molecule has 0 saturated heterocycles. The van der Waals surface area contributed by atoms with E-state index in [9.17, 15) is 22.0 Å². The van der Waals surface area contributed by atoms with Crippen molar-refractivity contribution in [3.63, 3.8) is 0 Å². The molecule has 20 heavy (non-hydrogen) atoms. The van der Waals surface area contributed by atoms with Gasteiger partial charge in [-0.25, -0.2) is 17.2 Å². The van der Waals surface area contributed by atoms with Crippen molar-refractivity contribution in [2.75, 3.05) is 13.7 Å². The number of rotatable bonds is 5.